The maximum atomic E-state index is 11.6. The number of ether oxygens (including phenoxy) is 2. The summed E-state index contributed by atoms with van der Waals surface area (Å²) in [6, 6.07) is 0. The fourth-order valence-corrected chi connectivity index (χ4v) is 1.67. The van der Waals surface area contributed by atoms with Gasteiger partial charge in [-0.2, -0.15) is 5.10 Å². The predicted octanol–water partition coefficient (Wildman–Crippen LogP) is 1.16. The molecular formula is C11H17ClN2O3. The number of hydrogen-bond acceptors (Lipinski definition) is 4. The molecule has 1 heterocycles. The highest BCUT2D eigenvalue weighted by atomic mass is 35.5. The molecule has 1 rings (SSSR count). The highest BCUT2D eigenvalue weighted by Gasteiger charge is 2.14. The predicted molar refractivity (Wildman–Crippen MR) is 64.4 cm³/mol. The Bertz CT molecular complexity index is 390. The Morgan fingerprint density at radius 3 is 2.71 bits per heavy atom. The van der Waals surface area contributed by atoms with Crippen molar-refractivity contribution < 1.29 is 14.3 Å². The maximum absolute atomic E-state index is 11.6. The van der Waals surface area contributed by atoms with Crippen molar-refractivity contribution in [1.82, 2.24) is 9.78 Å². The van der Waals surface area contributed by atoms with Crippen LogP contribution in [0.15, 0.2) is 0 Å². The highest BCUT2D eigenvalue weighted by molar-refractivity contribution is 6.32. The van der Waals surface area contributed by atoms with E-state index in [-0.39, 0.29) is 18.8 Å². The van der Waals surface area contributed by atoms with E-state index in [9.17, 15) is 4.79 Å². The van der Waals surface area contributed by atoms with E-state index < -0.39 is 0 Å². The van der Waals surface area contributed by atoms with Gasteiger partial charge in [0.05, 0.1) is 36.0 Å². The van der Waals surface area contributed by atoms with Crippen molar-refractivity contribution in [2.75, 3.05) is 26.9 Å². The average molecular weight is 261 g/mol. The second-order valence-electron chi connectivity index (χ2n) is 3.73. The lowest BCUT2D eigenvalue weighted by Crippen LogP contribution is -2.15. The topological polar surface area (TPSA) is 53.4 Å². The summed E-state index contributed by atoms with van der Waals surface area (Å²) >= 11 is 6.05. The van der Waals surface area contributed by atoms with Gasteiger partial charge in [0.2, 0.25) is 0 Å². The summed E-state index contributed by atoms with van der Waals surface area (Å²) in [6.07, 6.45) is 0.239. The summed E-state index contributed by atoms with van der Waals surface area (Å²) in [6.45, 7) is 2.79. The molecular weight excluding hydrogens is 244 g/mol. The molecule has 0 spiro atoms. The third kappa shape index (κ3) is 4.11. The molecule has 1 aromatic heterocycles. The van der Waals surface area contributed by atoms with Gasteiger partial charge in [0.1, 0.15) is 6.61 Å². The fraction of sp³-hybridized carbons (Fsp3) is 0.636. The smallest absolute Gasteiger partial charge is 0.164 e. The molecule has 0 fully saturated rings. The van der Waals surface area contributed by atoms with E-state index in [2.05, 4.69) is 5.10 Å². The lowest BCUT2D eigenvalue weighted by Gasteiger charge is -2.04. The minimum absolute atomic E-state index is 0.0222. The zero-order chi connectivity index (χ0) is 12.8. The number of methoxy groups -OCH3 is 1. The van der Waals surface area contributed by atoms with Crippen LogP contribution in [0.25, 0.3) is 0 Å². The van der Waals surface area contributed by atoms with Crippen LogP contribution in [0.3, 0.4) is 0 Å². The number of Topliss-reactive ketones (excluding diaryl/α,β-unsaturated/α-hetero) is 1. The van der Waals surface area contributed by atoms with Gasteiger partial charge in [0.15, 0.2) is 5.78 Å². The Morgan fingerprint density at radius 2 is 2.18 bits per heavy atom. The van der Waals surface area contributed by atoms with Gasteiger partial charge in [0, 0.05) is 14.2 Å². The number of aromatic nitrogens is 2. The summed E-state index contributed by atoms with van der Waals surface area (Å²) < 4.78 is 11.6. The normalized spacial score (nSPS) is 10.8. The summed E-state index contributed by atoms with van der Waals surface area (Å²) in [5.41, 5.74) is 1.46. The van der Waals surface area contributed by atoms with E-state index >= 15 is 0 Å². The van der Waals surface area contributed by atoms with Gasteiger partial charge in [-0.25, -0.2) is 0 Å². The van der Waals surface area contributed by atoms with E-state index in [0.29, 0.717) is 18.2 Å². The van der Waals surface area contributed by atoms with Crippen molar-refractivity contribution >= 4 is 17.4 Å². The van der Waals surface area contributed by atoms with Crippen molar-refractivity contribution in [3.05, 3.63) is 16.4 Å². The second-order valence-corrected chi connectivity index (χ2v) is 4.11. The number of ketones is 1. The first-order valence-electron chi connectivity index (χ1n) is 5.32. The van der Waals surface area contributed by atoms with Crippen molar-refractivity contribution in [2.45, 2.75) is 13.3 Å². The number of aryl methyl sites for hydroxylation is 2. The van der Waals surface area contributed by atoms with Crippen LogP contribution in [0.2, 0.25) is 5.02 Å². The van der Waals surface area contributed by atoms with Crippen molar-refractivity contribution in [1.29, 1.82) is 0 Å². The summed E-state index contributed by atoms with van der Waals surface area (Å²) in [5.74, 6) is -0.0222. The van der Waals surface area contributed by atoms with Crippen LogP contribution in [0.4, 0.5) is 0 Å². The van der Waals surface area contributed by atoms with Gasteiger partial charge < -0.3 is 9.47 Å². The van der Waals surface area contributed by atoms with Crippen LogP contribution in [0.1, 0.15) is 11.4 Å². The molecule has 96 valence electrons. The molecule has 0 unspecified atom stereocenters. The quantitative estimate of drug-likeness (QED) is 0.691. The molecule has 0 atom stereocenters. The number of nitrogens with zero attached hydrogens (tertiary/aromatic N) is 2. The molecule has 0 aromatic carbocycles. The number of carbonyl (C=O) groups is 1. The minimum atomic E-state index is -0.0222. The number of hydrogen-bond donors (Lipinski definition) is 0. The lowest BCUT2D eigenvalue weighted by molar-refractivity contribution is -0.123. The Morgan fingerprint density at radius 1 is 1.47 bits per heavy atom. The van der Waals surface area contributed by atoms with Crippen molar-refractivity contribution in [3.8, 4) is 0 Å². The van der Waals surface area contributed by atoms with Crippen LogP contribution < -0.4 is 0 Å². The Kier molecular flexibility index (Phi) is 5.61. The van der Waals surface area contributed by atoms with Crippen LogP contribution in [0, 0.1) is 6.92 Å². The summed E-state index contributed by atoms with van der Waals surface area (Å²) in [4.78, 5) is 11.6. The molecule has 0 aliphatic heterocycles. The van der Waals surface area contributed by atoms with E-state index in [1.54, 1.807) is 18.8 Å². The summed E-state index contributed by atoms with van der Waals surface area (Å²) in [7, 11) is 3.36. The molecule has 0 saturated heterocycles. The molecule has 1 aromatic rings. The first-order valence-corrected chi connectivity index (χ1v) is 5.70. The van der Waals surface area contributed by atoms with Crippen LogP contribution in [-0.2, 0) is 27.7 Å². The highest BCUT2D eigenvalue weighted by Crippen LogP contribution is 2.19. The van der Waals surface area contributed by atoms with Gasteiger partial charge >= 0.3 is 0 Å². The average Bonchev–Trinajstić information content (AvgIpc) is 2.52. The first kappa shape index (κ1) is 14.2. The standard InChI is InChI=1S/C11H17ClN2O3/c1-8-11(12)10(14(2)13-8)6-9(15)7-17-5-4-16-3/h4-7H2,1-3H3. The SMILES string of the molecule is COCCOCC(=O)Cc1c(Cl)c(C)nn1C. The van der Waals surface area contributed by atoms with Crippen molar-refractivity contribution in [3.63, 3.8) is 0 Å². The molecule has 0 saturated carbocycles. The van der Waals surface area contributed by atoms with E-state index in [1.165, 1.54) is 0 Å². The molecule has 0 bridgehead atoms. The zero-order valence-electron chi connectivity index (χ0n) is 10.3. The molecule has 0 N–H and O–H groups in total. The van der Waals surface area contributed by atoms with E-state index in [4.69, 9.17) is 21.1 Å². The van der Waals surface area contributed by atoms with E-state index in [0.717, 1.165) is 11.4 Å². The van der Waals surface area contributed by atoms with Crippen LogP contribution in [0.5, 0.6) is 0 Å². The largest absolute Gasteiger partial charge is 0.382 e. The summed E-state index contributed by atoms with van der Waals surface area (Å²) in [5, 5.41) is 4.70. The molecule has 17 heavy (non-hydrogen) atoms. The van der Waals surface area contributed by atoms with Gasteiger partial charge in [-0.05, 0) is 6.92 Å². The van der Waals surface area contributed by atoms with E-state index in [1.807, 2.05) is 6.92 Å². The lowest BCUT2D eigenvalue weighted by atomic mass is 10.2. The minimum Gasteiger partial charge on any atom is -0.382 e. The molecule has 5 nitrogen and oxygen atoms in total. The van der Waals surface area contributed by atoms with Gasteiger partial charge in [-0.15, -0.1) is 0 Å². The van der Waals surface area contributed by atoms with Crippen LogP contribution >= 0.6 is 11.6 Å². The van der Waals surface area contributed by atoms with Gasteiger partial charge in [-0.3, -0.25) is 9.48 Å². The number of halogens is 1. The zero-order valence-corrected chi connectivity index (χ0v) is 11.1. The third-order valence-corrected chi connectivity index (χ3v) is 2.81. The van der Waals surface area contributed by atoms with Crippen molar-refractivity contribution in [2.24, 2.45) is 7.05 Å². The number of carbonyl (C=O) groups excluding carboxylic acids is 1. The molecule has 0 aliphatic carbocycles. The number of rotatable bonds is 7. The van der Waals surface area contributed by atoms with Gasteiger partial charge in [0.25, 0.3) is 0 Å². The molecule has 0 aliphatic rings. The van der Waals surface area contributed by atoms with Crippen LogP contribution in [-0.4, -0.2) is 42.5 Å². The molecule has 6 heteroatoms. The monoisotopic (exact) mass is 260 g/mol. The Labute approximate surface area is 106 Å². The fourth-order valence-electron chi connectivity index (χ4n) is 1.44. The third-order valence-electron chi connectivity index (χ3n) is 2.32. The molecule has 0 amide bonds. The Hall–Kier alpha value is -0.910. The maximum Gasteiger partial charge on any atom is 0.164 e. The second kappa shape index (κ2) is 6.74. The van der Waals surface area contributed by atoms with Gasteiger partial charge in [-0.1, -0.05) is 11.6 Å². The first-order chi connectivity index (χ1) is 8.06. The Balaban J connectivity index is 2.45. The molecule has 0 radical (unpaired) electrons.